The van der Waals surface area contributed by atoms with Crippen LogP contribution in [0.3, 0.4) is 0 Å². The summed E-state index contributed by atoms with van der Waals surface area (Å²) in [4.78, 5) is 0.00271. The van der Waals surface area contributed by atoms with Crippen LogP contribution in [0.1, 0.15) is 19.8 Å². The third-order valence-corrected chi connectivity index (χ3v) is 2.99. The monoisotopic (exact) mass is 162 g/mol. The molecule has 1 aliphatic heterocycles. The Morgan fingerprint density at radius 2 is 2.50 bits per heavy atom. The minimum Gasteiger partial charge on any atom is -0.396 e. The highest BCUT2D eigenvalue weighted by atomic mass is 32.2. The van der Waals surface area contributed by atoms with Crippen LogP contribution >= 0.6 is 11.8 Å². The maximum Gasteiger partial charge on any atom is 0.111 e. The van der Waals surface area contributed by atoms with E-state index in [9.17, 15) is 0 Å². The first-order chi connectivity index (χ1) is 4.77. The van der Waals surface area contributed by atoms with Gasteiger partial charge >= 0.3 is 0 Å². The highest BCUT2D eigenvalue weighted by Gasteiger charge is 2.29. The van der Waals surface area contributed by atoms with E-state index in [0.717, 1.165) is 25.2 Å². The van der Waals surface area contributed by atoms with Crippen LogP contribution < -0.4 is 0 Å². The van der Waals surface area contributed by atoms with Gasteiger partial charge < -0.3 is 9.84 Å². The van der Waals surface area contributed by atoms with Crippen molar-refractivity contribution in [3.63, 3.8) is 0 Å². The fourth-order valence-corrected chi connectivity index (χ4v) is 2.16. The quantitative estimate of drug-likeness (QED) is 0.677. The molecule has 0 radical (unpaired) electrons. The second-order valence-electron chi connectivity index (χ2n) is 2.66. The van der Waals surface area contributed by atoms with Crippen LogP contribution in [0.4, 0.5) is 0 Å². The minimum absolute atomic E-state index is 0.00271. The molecule has 0 aromatic rings. The smallest absolute Gasteiger partial charge is 0.111 e. The summed E-state index contributed by atoms with van der Waals surface area (Å²) in [7, 11) is 0. The molecule has 10 heavy (non-hydrogen) atoms. The molecule has 0 aliphatic carbocycles. The molecular formula is C7H14O2S. The van der Waals surface area contributed by atoms with Gasteiger partial charge in [0.05, 0.1) is 6.61 Å². The van der Waals surface area contributed by atoms with Gasteiger partial charge in [0.15, 0.2) is 0 Å². The van der Waals surface area contributed by atoms with Crippen molar-refractivity contribution < 1.29 is 9.84 Å². The summed E-state index contributed by atoms with van der Waals surface area (Å²) in [6.45, 7) is 3.24. The van der Waals surface area contributed by atoms with Gasteiger partial charge in [-0.25, -0.2) is 0 Å². The van der Waals surface area contributed by atoms with E-state index in [1.54, 1.807) is 0 Å². The van der Waals surface area contributed by atoms with Crippen LogP contribution in [-0.2, 0) is 4.74 Å². The molecule has 0 bridgehead atoms. The molecule has 1 unspecified atom stereocenters. The van der Waals surface area contributed by atoms with Gasteiger partial charge in [0.1, 0.15) is 4.93 Å². The van der Waals surface area contributed by atoms with E-state index in [2.05, 4.69) is 6.92 Å². The van der Waals surface area contributed by atoms with Gasteiger partial charge in [0.25, 0.3) is 0 Å². The number of thioether (sulfide) groups is 1. The van der Waals surface area contributed by atoms with Gasteiger partial charge in [-0.05, 0) is 19.8 Å². The third-order valence-electron chi connectivity index (χ3n) is 1.69. The Bertz CT molecular complexity index is 99.8. The van der Waals surface area contributed by atoms with Crippen molar-refractivity contribution in [2.24, 2.45) is 0 Å². The van der Waals surface area contributed by atoms with Gasteiger partial charge in [-0.2, -0.15) is 0 Å². The minimum atomic E-state index is 0.00271. The maximum absolute atomic E-state index is 8.58. The lowest BCUT2D eigenvalue weighted by atomic mass is 10.2. The SMILES string of the molecule is CC1(CCCO)OCCS1. The van der Waals surface area contributed by atoms with Crippen molar-refractivity contribution in [1.82, 2.24) is 0 Å². The van der Waals surface area contributed by atoms with Gasteiger partial charge in [-0.1, -0.05) is 0 Å². The number of ether oxygens (including phenoxy) is 1. The topological polar surface area (TPSA) is 29.5 Å². The molecule has 1 heterocycles. The van der Waals surface area contributed by atoms with E-state index < -0.39 is 0 Å². The van der Waals surface area contributed by atoms with E-state index in [4.69, 9.17) is 9.84 Å². The van der Waals surface area contributed by atoms with Gasteiger partial charge in [-0.3, -0.25) is 0 Å². The van der Waals surface area contributed by atoms with E-state index >= 15 is 0 Å². The number of aliphatic hydroxyl groups excluding tert-OH is 1. The average Bonchev–Trinajstić information content (AvgIpc) is 2.33. The largest absolute Gasteiger partial charge is 0.396 e. The first-order valence-corrected chi connectivity index (χ1v) is 4.64. The first kappa shape index (κ1) is 8.37. The molecule has 0 aromatic carbocycles. The predicted molar refractivity (Wildman–Crippen MR) is 43.1 cm³/mol. The van der Waals surface area contributed by atoms with Crippen LogP contribution in [0.2, 0.25) is 0 Å². The molecule has 0 amide bonds. The molecule has 1 fully saturated rings. The highest BCUT2D eigenvalue weighted by Crippen LogP contribution is 2.35. The predicted octanol–water partition coefficient (Wildman–Crippen LogP) is 1.24. The zero-order valence-corrected chi connectivity index (χ0v) is 7.12. The van der Waals surface area contributed by atoms with Crippen molar-refractivity contribution in [3.05, 3.63) is 0 Å². The van der Waals surface area contributed by atoms with E-state index in [1.807, 2.05) is 11.8 Å². The molecule has 2 nitrogen and oxygen atoms in total. The summed E-state index contributed by atoms with van der Waals surface area (Å²) in [6.07, 6.45) is 1.82. The fraction of sp³-hybridized carbons (Fsp3) is 1.00. The first-order valence-electron chi connectivity index (χ1n) is 3.66. The van der Waals surface area contributed by atoms with Crippen molar-refractivity contribution >= 4 is 11.8 Å². The Balaban J connectivity index is 2.22. The lowest BCUT2D eigenvalue weighted by Crippen LogP contribution is -2.19. The molecule has 0 aromatic heterocycles. The van der Waals surface area contributed by atoms with Crippen LogP contribution in [0.15, 0.2) is 0 Å². The number of aliphatic hydroxyl groups is 1. The molecule has 1 N–H and O–H groups in total. The number of hydrogen-bond acceptors (Lipinski definition) is 3. The van der Waals surface area contributed by atoms with E-state index in [1.165, 1.54) is 0 Å². The molecule has 60 valence electrons. The molecule has 0 saturated carbocycles. The molecule has 1 aliphatic rings. The van der Waals surface area contributed by atoms with Gasteiger partial charge in [-0.15, -0.1) is 11.8 Å². The summed E-state index contributed by atoms with van der Waals surface area (Å²) in [5, 5.41) is 8.58. The van der Waals surface area contributed by atoms with Crippen LogP contribution in [0.25, 0.3) is 0 Å². The van der Waals surface area contributed by atoms with Crippen molar-refractivity contribution in [3.8, 4) is 0 Å². The van der Waals surface area contributed by atoms with Crippen LogP contribution in [-0.4, -0.2) is 29.0 Å². The molecule has 1 atom stereocenters. The second-order valence-corrected chi connectivity index (χ2v) is 4.22. The molecule has 1 saturated heterocycles. The Labute approximate surface area is 66.0 Å². The highest BCUT2D eigenvalue weighted by molar-refractivity contribution is 8.00. The van der Waals surface area contributed by atoms with Crippen molar-refractivity contribution in [1.29, 1.82) is 0 Å². The van der Waals surface area contributed by atoms with Gasteiger partial charge in [0, 0.05) is 12.4 Å². The third kappa shape index (κ3) is 2.15. The number of hydrogen-bond donors (Lipinski definition) is 1. The molecule has 3 heteroatoms. The lowest BCUT2D eigenvalue weighted by molar-refractivity contribution is 0.0540. The lowest BCUT2D eigenvalue weighted by Gasteiger charge is -2.20. The normalized spacial score (nSPS) is 33.0. The Morgan fingerprint density at radius 3 is 3.00 bits per heavy atom. The fourth-order valence-electron chi connectivity index (χ4n) is 1.10. The van der Waals surface area contributed by atoms with Crippen LogP contribution in [0, 0.1) is 0 Å². The summed E-state index contributed by atoms with van der Waals surface area (Å²) in [5.74, 6) is 1.10. The van der Waals surface area contributed by atoms with E-state index in [0.29, 0.717) is 0 Å². The Morgan fingerprint density at radius 1 is 1.70 bits per heavy atom. The molecular weight excluding hydrogens is 148 g/mol. The van der Waals surface area contributed by atoms with Crippen LogP contribution in [0.5, 0.6) is 0 Å². The second kappa shape index (κ2) is 3.60. The number of rotatable bonds is 3. The summed E-state index contributed by atoms with van der Waals surface area (Å²) in [5.41, 5.74) is 0. The Hall–Kier alpha value is 0.270. The standard InChI is InChI=1S/C7H14O2S/c1-7(3-2-4-8)9-5-6-10-7/h8H,2-6H2,1H3. The van der Waals surface area contributed by atoms with Crippen molar-refractivity contribution in [2.75, 3.05) is 19.0 Å². The Kier molecular flexibility index (Phi) is 3.01. The molecule has 1 rings (SSSR count). The summed E-state index contributed by atoms with van der Waals surface area (Å²) in [6, 6.07) is 0. The van der Waals surface area contributed by atoms with Crippen molar-refractivity contribution in [2.45, 2.75) is 24.7 Å². The summed E-state index contributed by atoms with van der Waals surface area (Å²) >= 11 is 1.85. The zero-order chi connectivity index (χ0) is 7.45. The van der Waals surface area contributed by atoms with E-state index in [-0.39, 0.29) is 11.5 Å². The zero-order valence-electron chi connectivity index (χ0n) is 6.30. The average molecular weight is 162 g/mol. The maximum atomic E-state index is 8.58. The summed E-state index contributed by atoms with van der Waals surface area (Å²) < 4.78 is 5.49. The van der Waals surface area contributed by atoms with Gasteiger partial charge in [0.2, 0.25) is 0 Å². The molecule has 0 spiro atoms.